The van der Waals surface area contributed by atoms with E-state index in [0.29, 0.717) is 6.41 Å². The smallest absolute Gasteiger partial charge is 0.327 e. The Morgan fingerprint density at radius 3 is 2.70 bits per heavy atom. The van der Waals surface area contributed by atoms with Crippen LogP contribution in [0.25, 0.3) is 0 Å². The molecular formula is C12H17N3O4S. The van der Waals surface area contributed by atoms with Gasteiger partial charge >= 0.3 is 5.97 Å². The van der Waals surface area contributed by atoms with Crippen LogP contribution in [-0.4, -0.2) is 46.5 Å². The summed E-state index contributed by atoms with van der Waals surface area (Å²) in [5.74, 6) is -1.11. The molecule has 20 heavy (non-hydrogen) atoms. The van der Waals surface area contributed by atoms with Crippen molar-refractivity contribution in [1.29, 1.82) is 5.26 Å². The minimum atomic E-state index is -1.15. The molecule has 2 amide bonds. The molecule has 2 unspecified atom stereocenters. The number of hydrogen-bond acceptors (Lipinski definition) is 5. The van der Waals surface area contributed by atoms with Gasteiger partial charge in [-0.15, -0.1) is 11.8 Å². The molecule has 1 rings (SSSR count). The van der Waals surface area contributed by atoms with Gasteiger partial charge in [-0.1, -0.05) is 0 Å². The van der Waals surface area contributed by atoms with E-state index in [1.165, 1.54) is 0 Å². The van der Waals surface area contributed by atoms with Crippen LogP contribution in [0.2, 0.25) is 0 Å². The van der Waals surface area contributed by atoms with Crippen LogP contribution in [0.4, 0.5) is 0 Å². The second kappa shape index (κ2) is 7.14. The van der Waals surface area contributed by atoms with Crippen LogP contribution < -0.4 is 10.6 Å². The maximum Gasteiger partial charge on any atom is 0.327 e. The number of carbonyl (C=O) groups excluding carboxylic acids is 2. The summed E-state index contributed by atoms with van der Waals surface area (Å²) in [6, 6.07) is 1.10. The number of carboxylic acids is 1. The fourth-order valence-corrected chi connectivity index (χ4v) is 2.60. The normalized spacial score (nSPS) is 18.2. The highest BCUT2D eigenvalue weighted by atomic mass is 32.2. The van der Waals surface area contributed by atoms with E-state index in [-0.39, 0.29) is 23.3 Å². The predicted molar refractivity (Wildman–Crippen MR) is 72.8 cm³/mol. The van der Waals surface area contributed by atoms with E-state index in [4.69, 9.17) is 10.4 Å². The topological polar surface area (TPSA) is 119 Å². The van der Waals surface area contributed by atoms with Crippen molar-refractivity contribution < 1.29 is 19.5 Å². The molecule has 110 valence electrons. The third kappa shape index (κ3) is 4.74. The van der Waals surface area contributed by atoms with Gasteiger partial charge in [-0.2, -0.15) is 5.26 Å². The summed E-state index contributed by atoms with van der Waals surface area (Å²) < 4.78 is 0. The highest BCUT2D eigenvalue weighted by Crippen LogP contribution is 2.39. The number of nitrogens with zero attached hydrogens (tertiary/aromatic N) is 1. The predicted octanol–water partition coefficient (Wildman–Crippen LogP) is -0.273. The lowest BCUT2D eigenvalue weighted by molar-refractivity contribution is -0.139. The third-order valence-electron chi connectivity index (χ3n) is 3.11. The first-order chi connectivity index (χ1) is 9.42. The molecule has 1 saturated carbocycles. The van der Waals surface area contributed by atoms with Gasteiger partial charge in [0, 0.05) is 5.75 Å². The second-order valence-corrected chi connectivity index (χ2v) is 5.86. The number of carboxylic acid groups (broad SMARTS) is 1. The number of amides is 2. The first-order valence-electron chi connectivity index (χ1n) is 6.15. The molecule has 0 aromatic heterocycles. The molecule has 0 bridgehead atoms. The Morgan fingerprint density at radius 2 is 2.25 bits per heavy atom. The van der Waals surface area contributed by atoms with Crippen LogP contribution in [0.3, 0.4) is 0 Å². The fraction of sp³-hybridized carbons (Fsp3) is 0.667. The van der Waals surface area contributed by atoms with Crippen molar-refractivity contribution >= 4 is 30.0 Å². The zero-order chi connectivity index (χ0) is 15.2. The lowest BCUT2D eigenvalue weighted by Crippen LogP contribution is -2.47. The Bertz CT molecular complexity index is 433. The van der Waals surface area contributed by atoms with Crippen LogP contribution >= 0.6 is 11.8 Å². The fourth-order valence-electron chi connectivity index (χ4n) is 1.75. The maximum atomic E-state index is 11.7. The van der Waals surface area contributed by atoms with Crippen molar-refractivity contribution in [3.63, 3.8) is 0 Å². The zero-order valence-corrected chi connectivity index (χ0v) is 11.9. The number of nitrogens with one attached hydrogen (secondary N) is 2. The van der Waals surface area contributed by atoms with Crippen molar-refractivity contribution in [2.45, 2.75) is 31.3 Å². The minimum Gasteiger partial charge on any atom is -0.480 e. The molecule has 1 aliphatic carbocycles. The van der Waals surface area contributed by atoms with Gasteiger partial charge in [-0.3, -0.25) is 9.59 Å². The average Bonchev–Trinajstić information content (AvgIpc) is 3.22. The van der Waals surface area contributed by atoms with Gasteiger partial charge in [0.25, 0.3) is 0 Å². The van der Waals surface area contributed by atoms with E-state index >= 15 is 0 Å². The summed E-state index contributed by atoms with van der Waals surface area (Å²) >= 11 is 1.10. The van der Waals surface area contributed by atoms with Crippen LogP contribution in [0, 0.1) is 17.2 Å². The van der Waals surface area contributed by atoms with Crippen molar-refractivity contribution in [3.05, 3.63) is 0 Å². The van der Waals surface area contributed by atoms with Crippen molar-refractivity contribution in [2.75, 3.05) is 11.5 Å². The van der Waals surface area contributed by atoms with Crippen LogP contribution in [0.5, 0.6) is 0 Å². The van der Waals surface area contributed by atoms with Gasteiger partial charge in [-0.25, -0.2) is 4.79 Å². The van der Waals surface area contributed by atoms with Crippen molar-refractivity contribution in [1.82, 2.24) is 10.6 Å². The minimum absolute atomic E-state index is 0.0499. The van der Waals surface area contributed by atoms with Gasteiger partial charge in [-0.05, 0) is 25.7 Å². The summed E-state index contributed by atoms with van der Waals surface area (Å²) in [5.41, 5.74) is -0.842. The Labute approximate surface area is 121 Å². The van der Waals surface area contributed by atoms with E-state index in [1.807, 2.05) is 0 Å². The molecule has 1 fully saturated rings. The lowest BCUT2D eigenvalue weighted by atomic mass is 9.98. The van der Waals surface area contributed by atoms with Gasteiger partial charge in [0.15, 0.2) is 0 Å². The molecule has 7 nitrogen and oxygen atoms in total. The van der Waals surface area contributed by atoms with E-state index < -0.39 is 17.6 Å². The molecule has 0 heterocycles. The van der Waals surface area contributed by atoms with Gasteiger partial charge in [0.2, 0.25) is 12.3 Å². The molecule has 8 heteroatoms. The summed E-state index contributed by atoms with van der Waals surface area (Å²) in [6.45, 7) is 1.70. The molecular weight excluding hydrogens is 282 g/mol. The van der Waals surface area contributed by atoms with Crippen molar-refractivity contribution in [2.24, 2.45) is 5.92 Å². The molecule has 3 N–H and O–H groups in total. The van der Waals surface area contributed by atoms with Gasteiger partial charge in [0.05, 0.1) is 11.8 Å². The van der Waals surface area contributed by atoms with Crippen molar-refractivity contribution in [3.8, 4) is 6.07 Å². The number of hydrogen-bond donors (Lipinski definition) is 3. The lowest BCUT2D eigenvalue weighted by Gasteiger charge is -2.22. The summed E-state index contributed by atoms with van der Waals surface area (Å²) in [6.07, 6.45) is 2.18. The largest absolute Gasteiger partial charge is 0.480 e. The molecule has 0 saturated heterocycles. The number of carbonyl (C=O) groups is 3. The van der Waals surface area contributed by atoms with E-state index in [1.54, 1.807) is 6.92 Å². The molecule has 2 atom stereocenters. The van der Waals surface area contributed by atoms with E-state index in [2.05, 4.69) is 16.7 Å². The molecule has 0 aliphatic heterocycles. The standard InChI is InChI=1S/C12H17N3O4S/c1-12(6-13,8-2-3-8)15-10(17)5-20-4-9(11(18)19)14-7-16/h7-9H,2-5H2,1H3,(H,14,16)(H,15,17)(H,18,19). The molecule has 0 radical (unpaired) electrons. The van der Waals surface area contributed by atoms with E-state index in [0.717, 1.165) is 24.6 Å². The summed E-state index contributed by atoms with van der Waals surface area (Å²) in [5, 5.41) is 22.7. The van der Waals surface area contributed by atoms with Gasteiger partial charge < -0.3 is 15.7 Å². The third-order valence-corrected chi connectivity index (χ3v) is 4.15. The number of thioether (sulfide) groups is 1. The quantitative estimate of drug-likeness (QED) is 0.504. The highest BCUT2D eigenvalue weighted by Gasteiger charge is 2.42. The molecule has 1 aliphatic rings. The number of nitriles is 1. The Morgan fingerprint density at radius 1 is 1.60 bits per heavy atom. The SMILES string of the molecule is CC(C#N)(NC(=O)CSCC(NC=O)C(=O)O)C1CC1. The highest BCUT2D eigenvalue weighted by molar-refractivity contribution is 8.00. The molecule has 0 aromatic carbocycles. The average molecular weight is 299 g/mol. The number of rotatable bonds is 9. The van der Waals surface area contributed by atoms with Crippen LogP contribution in [0.15, 0.2) is 0 Å². The van der Waals surface area contributed by atoms with Crippen LogP contribution in [0.1, 0.15) is 19.8 Å². The summed E-state index contributed by atoms with van der Waals surface area (Å²) in [7, 11) is 0. The number of aliphatic carboxylic acids is 1. The van der Waals surface area contributed by atoms with E-state index in [9.17, 15) is 14.4 Å². The first kappa shape index (κ1) is 16.3. The summed E-state index contributed by atoms with van der Waals surface area (Å²) in [4.78, 5) is 32.7. The van der Waals surface area contributed by atoms with Crippen LogP contribution in [-0.2, 0) is 14.4 Å². The molecule has 0 spiro atoms. The monoisotopic (exact) mass is 299 g/mol. The Kier molecular flexibility index (Phi) is 5.82. The van der Waals surface area contributed by atoms with Gasteiger partial charge in [0.1, 0.15) is 11.6 Å². The maximum absolute atomic E-state index is 11.7. The first-order valence-corrected chi connectivity index (χ1v) is 7.31. The zero-order valence-electron chi connectivity index (χ0n) is 11.1. The molecule has 0 aromatic rings. The second-order valence-electron chi connectivity index (χ2n) is 4.83. The Hall–Kier alpha value is -1.75. The Balaban J connectivity index is 2.34.